The van der Waals surface area contributed by atoms with Gasteiger partial charge in [0.2, 0.25) is 0 Å². The lowest BCUT2D eigenvalue weighted by Crippen LogP contribution is -2.40. The molecule has 0 bridgehead atoms. The molecule has 0 heterocycles. The van der Waals surface area contributed by atoms with Crippen LogP contribution in [0.5, 0.6) is 0 Å². The van der Waals surface area contributed by atoms with Gasteiger partial charge in [-0.15, -0.1) is 0 Å². The Morgan fingerprint density at radius 1 is 1.46 bits per heavy atom. The third kappa shape index (κ3) is 2.88. The first-order chi connectivity index (χ1) is 5.59. The van der Waals surface area contributed by atoms with Crippen molar-refractivity contribution in [1.82, 2.24) is 0 Å². The van der Waals surface area contributed by atoms with Crippen molar-refractivity contribution < 1.29 is 31.3 Å². The first-order valence-corrected chi connectivity index (χ1v) is 4.54. The van der Waals surface area contributed by atoms with Crippen LogP contribution in [0.3, 0.4) is 0 Å². The summed E-state index contributed by atoms with van der Waals surface area (Å²) in [6, 6.07) is 0. The highest BCUT2D eigenvalue weighted by atomic mass is 32.2. The van der Waals surface area contributed by atoms with Gasteiger partial charge in [-0.2, -0.15) is 8.78 Å². The SMILES string of the molecule is CC(C)OC(=O)C(F)(F)S(=O)(=O)[O-]. The average Bonchev–Trinajstić information content (AvgIpc) is 1.82. The molecule has 0 aliphatic heterocycles. The fraction of sp³-hybridized carbons (Fsp3) is 0.800. The fourth-order valence-electron chi connectivity index (χ4n) is 0.385. The quantitative estimate of drug-likeness (QED) is 0.493. The van der Waals surface area contributed by atoms with Crippen molar-refractivity contribution in [3.05, 3.63) is 0 Å². The molecule has 0 unspecified atom stereocenters. The number of esters is 1. The second-order valence-electron chi connectivity index (χ2n) is 2.42. The number of alkyl halides is 2. The topological polar surface area (TPSA) is 83.5 Å². The summed E-state index contributed by atoms with van der Waals surface area (Å²) in [7, 11) is -6.01. The maximum absolute atomic E-state index is 12.3. The molecule has 0 fully saturated rings. The molecule has 0 saturated heterocycles. The van der Waals surface area contributed by atoms with Crippen LogP contribution >= 0.6 is 0 Å². The molecule has 0 atom stereocenters. The molecule has 0 aliphatic rings. The Labute approximate surface area is 73.4 Å². The molecule has 0 saturated carbocycles. The normalized spacial score (nSPS) is 13.1. The maximum atomic E-state index is 12.3. The molecule has 0 aromatic heterocycles. The van der Waals surface area contributed by atoms with E-state index in [1.807, 2.05) is 0 Å². The standard InChI is InChI=1S/C5H8F2O5S/c1-3(2)12-4(8)5(6,7)13(9,10)11/h3H,1-2H3,(H,9,10,11)/p-1. The van der Waals surface area contributed by atoms with Crippen LogP contribution in [-0.2, 0) is 19.6 Å². The minimum atomic E-state index is -6.01. The third-order valence-electron chi connectivity index (χ3n) is 0.894. The number of carbonyl (C=O) groups excluding carboxylic acids is 1. The van der Waals surface area contributed by atoms with Crippen LogP contribution in [0.1, 0.15) is 13.8 Å². The number of rotatable bonds is 3. The highest BCUT2D eigenvalue weighted by molar-refractivity contribution is 7.87. The highest BCUT2D eigenvalue weighted by Crippen LogP contribution is 2.22. The molecule has 0 rings (SSSR count). The van der Waals surface area contributed by atoms with Crippen LogP contribution in [0, 0.1) is 0 Å². The van der Waals surface area contributed by atoms with Gasteiger partial charge < -0.3 is 9.29 Å². The molecule has 0 aromatic carbocycles. The largest absolute Gasteiger partial charge is 0.743 e. The first-order valence-electron chi connectivity index (χ1n) is 3.13. The number of halogens is 2. The van der Waals surface area contributed by atoms with Gasteiger partial charge in [-0.25, -0.2) is 13.2 Å². The Hall–Kier alpha value is -0.760. The van der Waals surface area contributed by atoms with Crippen molar-refractivity contribution in [2.24, 2.45) is 0 Å². The lowest BCUT2D eigenvalue weighted by molar-refractivity contribution is -0.165. The zero-order valence-electron chi connectivity index (χ0n) is 6.78. The van der Waals surface area contributed by atoms with Crippen LogP contribution in [-0.4, -0.2) is 30.3 Å². The van der Waals surface area contributed by atoms with Crippen LogP contribution in [0.15, 0.2) is 0 Å². The van der Waals surface area contributed by atoms with Crippen LogP contribution in [0.2, 0.25) is 0 Å². The molecule has 5 nitrogen and oxygen atoms in total. The maximum Gasteiger partial charge on any atom is 0.428 e. The Morgan fingerprint density at radius 2 is 1.85 bits per heavy atom. The number of ether oxygens (including phenoxy) is 1. The summed E-state index contributed by atoms with van der Waals surface area (Å²) in [5.74, 6) is -2.35. The van der Waals surface area contributed by atoms with Gasteiger partial charge in [-0.3, -0.25) is 0 Å². The Bertz CT molecular complexity index is 294. The van der Waals surface area contributed by atoms with E-state index >= 15 is 0 Å². The van der Waals surface area contributed by atoms with E-state index in [9.17, 15) is 26.5 Å². The molecular formula is C5H7F2O5S-. The van der Waals surface area contributed by atoms with Crippen molar-refractivity contribution in [1.29, 1.82) is 0 Å². The van der Waals surface area contributed by atoms with E-state index in [0.717, 1.165) is 0 Å². The number of carbonyl (C=O) groups is 1. The predicted octanol–water partition coefficient (Wildman–Crippen LogP) is 0.0760. The summed E-state index contributed by atoms with van der Waals surface area (Å²) in [5.41, 5.74) is 0. The molecule has 0 aromatic rings. The number of hydrogen-bond acceptors (Lipinski definition) is 5. The van der Waals surface area contributed by atoms with E-state index in [0.29, 0.717) is 0 Å². The fourth-order valence-corrected chi connectivity index (χ4v) is 0.637. The molecule has 0 spiro atoms. The predicted molar refractivity (Wildman–Crippen MR) is 35.9 cm³/mol. The van der Waals surface area contributed by atoms with E-state index in [2.05, 4.69) is 4.74 Å². The Kier molecular flexibility index (Phi) is 3.34. The monoisotopic (exact) mass is 217 g/mol. The van der Waals surface area contributed by atoms with Crippen LogP contribution in [0.25, 0.3) is 0 Å². The molecule has 78 valence electrons. The highest BCUT2D eigenvalue weighted by Gasteiger charge is 2.48. The van der Waals surface area contributed by atoms with Gasteiger partial charge in [0.1, 0.15) is 0 Å². The Morgan fingerprint density at radius 3 is 2.08 bits per heavy atom. The van der Waals surface area contributed by atoms with Gasteiger partial charge >= 0.3 is 11.2 Å². The molecule has 0 radical (unpaired) electrons. The lowest BCUT2D eigenvalue weighted by Gasteiger charge is -2.19. The van der Waals surface area contributed by atoms with Crippen molar-refractivity contribution >= 4 is 16.1 Å². The second kappa shape index (κ2) is 3.54. The van der Waals surface area contributed by atoms with E-state index in [1.165, 1.54) is 13.8 Å². The van der Waals surface area contributed by atoms with Gasteiger partial charge in [0.05, 0.1) is 6.10 Å². The van der Waals surface area contributed by atoms with Crippen molar-refractivity contribution in [2.45, 2.75) is 25.2 Å². The van der Waals surface area contributed by atoms with Crippen molar-refractivity contribution in [3.63, 3.8) is 0 Å². The zero-order valence-corrected chi connectivity index (χ0v) is 7.60. The molecular weight excluding hydrogens is 210 g/mol. The lowest BCUT2D eigenvalue weighted by atomic mass is 10.5. The summed E-state index contributed by atoms with van der Waals surface area (Å²) in [6.07, 6.45) is -0.917. The van der Waals surface area contributed by atoms with Gasteiger partial charge in [0.15, 0.2) is 10.1 Å². The van der Waals surface area contributed by atoms with E-state index in [-0.39, 0.29) is 0 Å². The first kappa shape index (κ1) is 12.2. The van der Waals surface area contributed by atoms with E-state index in [4.69, 9.17) is 0 Å². The van der Waals surface area contributed by atoms with Crippen LogP contribution < -0.4 is 0 Å². The van der Waals surface area contributed by atoms with Gasteiger partial charge in [-0.1, -0.05) is 0 Å². The molecule has 8 heteroatoms. The van der Waals surface area contributed by atoms with Crippen molar-refractivity contribution in [2.75, 3.05) is 0 Å². The molecule has 0 aliphatic carbocycles. The molecule has 13 heavy (non-hydrogen) atoms. The Balaban J connectivity index is 4.77. The molecule has 0 N–H and O–H groups in total. The van der Waals surface area contributed by atoms with Gasteiger partial charge in [0, 0.05) is 0 Å². The minimum Gasteiger partial charge on any atom is -0.743 e. The van der Waals surface area contributed by atoms with E-state index in [1.54, 1.807) is 0 Å². The summed E-state index contributed by atoms with van der Waals surface area (Å²) in [4.78, 5) is 10.4. The summed E-state index contributed by atoms with van der Waals surface area (Å²) in [5, 5.41) is -5.02. The summed E-state index contributed by atoms with van der Waals surface area (Å²) >= 11 is 0. The second-order valence-corrected chi connectivity index (χ2v) is 3.85. The number of hydrogen-bond donors (Lipinski definition) is 0. The van der Waals surface area contributed by atoms with E-state index < -0.39 is 27.4 Å². The smallest absolute Gasteiger partial charge is 0.428 e. The molecule has 0 amide bonds. The summed E-state index contributed by atoms with van der Waals surface area (Å²) < 4.78 is 58.1. The van der Waals surface area contributed by atoms with Gasteiger partial charge in [-0.05, 0) is 13.8 Å². The summed E-state index contributed by atoms with van der Waals surface area (Å²) in [6.45, 7) is 2.48. The van der Waals surface area contributed by atoms with Gasteiger partial charge in [0.25, 0.3) is 0 Å². The average molecular weight is 217 g/mol. The zero-order chi connectivity index (χ0) is 10.9. The van der Waals surface area contributed by atoms with Crippen molar-refractivity contribution in [3.8, 4) is 0 Å². The minimum absolute atomic E-state index is 0.917. The van der Waals surface area contributed by atoms with Crippen LogP contribution in [0.4, 0.5) is 8.78 Å². The third-order valence-corrected chi connectivity index (χ3v) is 1.69.